The Bertz CT molecular complexity index is 568. The van der Waals surface area contributed by atoms with Gasteiger partial charge in [0, 0.05) is 24.3 Å². The van der Waals surface area contributed by atoms with Crippen LogP contribution in [0.3, 0.4) is 0 Å². The topological polar surface area (TPSA) is 3.24 Å². The SMILES string of the molecule is CCN(CC)c1ccc(/C=C/c2ccccc2F)cc1. The molecule has 2 aromatic carbocycles. The van der Waals surface area contributed by atoms with E-state index < -0.39 is 0 Å². The molecule has 0 saturated heterocycles. The van der Waals surface area contributed by atoms with Gasteiger partial charge in [-0.05, 0) is 37.6 Å². The van der Waals surface area contributed by atoms with E-state index >= 15 is 0 Å². The van der Waals surface area contributed by atoms with Crippen molar-refractivity contribution in [2.45, 2.75) is 13.8 Å². The van der Waals surface area contributed by atoms with Gasteiger partial charge in [-0.15, -0.1) is 0 Å². The predicted octanol–water partition coefficient (Wildman–Crippen LogP) is 4.84. The molecule has 2 heteroatoms. The van der Waals surface area contributed by atoms with Crippen LogP contribution in [0.5, 0.6) is 0 Å². The van der Waals surface area contributed by atoms with Gasteiger partial charge in [0.2, 0.25) is 0 Å². The fourth-order valence-electron chi connectivity index (χ4n) is 2.18. The maximum absolute atomic E-state index is 13.5. The molecule has 0 amide bonds. The molecule has 20 heavy (non-hydrogen) atoms. The minimum absolute atomic E-state index is 0.191. The van der Waals surface area contributed by atoms with E-state index in [-0.39, 0.29) is 5.82 Å². The summed E-state index contributed by atoms with van der Waals surface area (Å²) in [6, 6.07) is 15.1. The molecule has 1 nitrogen and oxygen atoms in total. The molecule has 2 aromatic rings. The lowest BCUT2D eigenvalue weighted by atomic mass is 10.1. The summed E-state index contributed by atoms with van der Waals surface area (Å²) in [5, 5.41) is 0. The molecule has 0 aliphatic rings. The molecule has 0 saturated carbocycles. The highest BCUT2D eigenvalue weighted by molar-refractivity contribution is 5.70. The van der Waals surface area contributed by atoms with E-state index in [1.807, 2.05) is 18.2 Å². The van der Waals surface area contributed by atoms with Crippen LogP contribution in [0.25, 0.3) is 12.2 Å². The number of rotatable bonds is 5. The minimum Gasteiger partial charge on any atom is -0.372 e. The van der Waals surface area contributed by atoms with E-state index in [9.17, 15) is 4.39 Å². The summed E-state index contributed by atoms with van der Waals surface area (Å²) in [6.45, 7) is 6.30. The Balaban J connectivity index is 2.13. The molecule has 0 fully saturated rings. The van der Waals surface area contributed by atoms with Crippen LogP contribution in [0.1, 0.15) is 25.0 Å². The Morgan fingerprint density at radius 2 is 1.55 bits per heavy atom. The van der Waals surface area contributed by atoms with Gasteiger partial charge in [-0.3, -0.25) is 0 Å². The predicted molar refractivity (Wildman–Crippen MR) is 85.3 cm³/mol. The van der Waals surface area contributed by atoms with Crippen molar-refractivity contribution in [2.24, 2.45) is 0 Å². The van der Waals surface area contributed by atoms with Crippen molar-refractivity contribution in [3.8, 4) is 0 Å². The minimum atomic E-state index is -0.191. The Hall–Kier alpha value is -2.09. The molecule has 104 valence electrons. The zero-order valence-electron chi connectivity index (χ0n) is 12.0. The summed E-state index contributed by atoms with van der Waals surface area (Å²) in [4.78, 5) is 2.30. The molecule has 0 aliphatic carbocycles. The third-order valence-corrected chi connectivity index (χ3v) is 3.38. The second-order valence-corrected chi connectivity index (χ2v) is 4.62. The van der Waals surface area contributed by atoms with Gasteiger partial charge in [0.25, 0.3) is 0 Å². The lowest BCUT2D eigenvalue weighted by Crippen LogP contribution is -2.21. The van der Waals surface area contributed by atoms with Gasteiger partial charge in [-0.1, -0.05) is 42.5 Å². The summed E-state index contributed by atoms with van der Waals surface area (Å²) in [6.07, 6.45) is 3.74. The highest BCUT2D eigenvalue weighted by atomic mass is 19.1. The third kappa shape index (κ3) is 3.47. The van der Waals surface area contributed by atoms with Crippen LogP contribution in [-0.4, -0.2) is 13.1 Å². The van der Waals surface area contributed by atoms with Gasteiger partial charge in [-0.2, -0.15) is 0 Å². The lowest BCUT2D eigenvalue weighted by Gasteiger charge is -2.20. The lowest BCUT2D eigenvalue weighted by molar-refractivity contribution is 0.625. The van der Waals surface area contributed by atoms with Crippen LogP contribution in [0.2, 0.25) is 0 Å². The maximum atomic E-state index is 13.5. The van der Waals surface area contributed by atoms with E-state index in [2.05, 4.69) is 43.0 Å². The van der Waals surface area contributed by atoms with Crippen molar-refractivity contribution in [3.05, 3.63) is 65.5 Å². The number of hydrogen-bond acceptors (Lipinski definition) is 1. The molecule has 0 spiro atoms. The molecule has 0 heterocycles. The van der Waals surface area contributed by atoms with E-state index in [4.69, 9.17) is 0 Å². The normalized spacial score (nSPS) is 10.9. The Labute approximate surface area is 120 Å². The first-order valence-corrected chi connectivity index (χ1v) is 7.02. The molecule has 2 rings (SSSR count). The summed E-state index contributed by atoms with van der Waals surface area (Å²) in [5.41, 5.74) is 2.91. The fourth-order valence-corrected chi connectivity index (χ4v) is 2.18. The van der Waals surface area contributed by atoms with Crippen molar-refractivity contribution in [2.75, 3.05) is 18.0 Å². The molecule has 0 N–H and O–H groups in total. The second-order valence-electron chi connectivity index (χ2n) is 4.62. The first-order chi connectivity index (χ1) is 9.74. The zero-order chi connectivity index (χ0) is 14.4. The van der Waals surface area contributed by atoms with Crippen molar-refractivity contribution < 1.29 is 4.39 Å². The number of benzene rings is 2. The van der Waals surface area contributed by atoms with Crippen LogP contribution in [0, 0.1) is 5.82 Å². The summed E-state index contributed by atoms with van der Waals surface area (Å²) in [5.74, 6) is -0.191. The van der Waals surface area contributed by atoms with Gasteiger partial charge < -0.3 is 4.90 Å². The number of nitrogens with zero attached hydrogens (tertiary/aromatic N) is 1. The quantitative estimate of drug-likeness (QED) is 0.702. The monoisotopic (exact) mass is 269 g/mol. The highest BCUT2D eigenvalue weighted by Crippen LogP contribution is 2.17. The van der Waals surface area contributed by atoms with Gasteiger partial charge in [0.05, 0.1) is 0 Å². The molecule has 0 unspecified atom stereocenters. The smallest absolute Gasteiger partial charge is 0.130 e. The number of halogens is 1. The van der Waals surface area contributed by atoms with Crippen molar-refractivity contribution in [1.29, 1.82) is 0 Å². The van der Waals surface area contributed by atoms with E-state index in [0.29, 0.717) is 5.56 Å². The molecular formula is C18H20FN. The standard InChI is InChI=1S/C18H20FN/c1-3-20(4-2)17-13-10-15(11-14-17)9-12-16-7-5-6-8-18(16)19/h5-14H,3-4H2,1-2H3/b12-9+. The van der Waals surface area contributed by atoms with Crippen LogP contribution >= 0.6 is 0 Å². The molecule has 0 bridgehead atoms. The molecule has 0 aliphatic heterocycles. The second kappa shape index (κ2) is 6.90. The molecular weight excluding hydrogens is 249 g/mol. The van der Waals surface area contributed by atoms with Gasteiger partial charge in [0.15, 0.2) is 0 Å². The Kier molecular flexibility index (Phi) is 4.94. The summed E-state index contributed by atoms with van der Waals surface area (Å²) < 4.78 is 13.5. The van der Waals surface area contributed by atoms with Gasteiger partial charge in [0.1, 0.15) is 5.82 Å². The van der Waals surface area contributed by atoms with E-state index in [1.54, 1.807) is 12.1 Å². The van der Waals surface area contributed by atoms with Crippen molar-refractivity contribution >= 4 is 17.8 Å². The average molecular weight is 269 g/mol. The van der Waals surface area contributed by atoms with Gasteiger partial charge in [-0.25, -0.2) is 4.39 Å². The number of anilines is 1. The van der Waals surface area contributed by atoms with Crippen molar-refractivity contribution in [1.82, 2.24) is 0 Å². The average Bonchev–Trinajstić information content (AvgIpc) is 2.49. The largest absolute Gasteiger partial charge is 0.372 e. The fraction of sp³-hybridized carbons (Fsp3) is 0.222. The Morgan fingerprint density at radius 1 is 0.900 bits per heavy atom. The first kappa shape index (κ1) is 14.3. The zero-order valence-corrected chi connectivity index (χ0v) is 12.0. The molecule has 0 aromatic heterocycles. The molecule has 0 atom stereocenters. The van der Waals surface area contributed by atoms with Gasteiger partial charge >= 0.3 is 0 Å². The van der Waals surface area contributed by atoms with Crippen LogP contribution in [0.15, 0.2) is 48.5 Å². The molecule has 0 radical (unpaired) electrons. The van der Waals surface area contributed by atoms with Crippen LogP contribution in [-0.2, 0) is 0 Å². The van der Waals surface area contributed by atoms with E-state index in [1.165, 1.54) is 11.8 Å². The third-order valence-electron chi connectivity index (χ3n) is 3.38. The summed E-state index contributed by atoms with van der Waals surface area (Å²) >= 11 is 0. The van der Waals surface area contributed by atoms with Crippen LogP contribution in [0.4, 0.5) is 10.1 Å². The summed E-state index contributed by atoms with van der Waals surface area (Å²) in [7, 11) is 0. The first-order valence-electron chi connectivity index (χ1n) is 7.02. The van der Waals surface area contributed by atoms with E-state index in [0.717, 1.165) is 18.7 Å². The van der Waals surface area contributed by atoms with Crippen LogP contribution < -0.4 is 4.90 Å². The Morgan fingerprint density at radius 3 is 2.15 bits per heavy atom. The maximum Gasteiger partial charge on any atom is 0.130 e. The number of hydrogen-bond donors (Lipinski definition) is 0. The highest BCUT2D eigenvalue weighted by Gasteiger charge is 2.00. The van der Waals surface area contributed by atoms with Crippen molar-refractivity contribution in [3.63, 3.8) is 0 Å².